The first-order valence-electron chi connectivity index (χ1n) is 7.14. The largest absolute Gasteiger partial charge is 0.423 e. The third-order valence-electron chi connectivity index (χ3n) is 3.68. The van der Waals surface area contributed by atoms with Crippen molar-refractivity contribution in [1.29, 1.82) is 0 Å². The van der Waals surface area contributed by atoms with Gasteiger partial charge in [-0.15, -0.1) is 21.5 Å². The monoisotopic (exact) mass is 291 g/mol. The lowest BCUT2D eigenvalue weighted by Crippen LogP contribution is -2.22. The maximum Gasteiger partial charge on any atom is 0.230 e. The second-order valence-electron chi connectivity index (χ2n) is 6.39. The molecular weight excluding hydrogens is 270 g/mol. The number of likely N-dealkylation sites (tertiary alicyclic amines) is 1. The second kappa shape index (κ2) is 5.30. The van der Waals surface area contributed by atoms with Gasteiger partial charge in [-0.1, -0.05) is 26.8 Å². The Balaban J connectivity index is 1.72. The molecule has 0 radical (unpaired) electrons. The molecular formula is C15H21N3OS. The third-order valence-corrected chi connectivity index (χ3v) is 4.66. The minimum absolute atomic E-state index is 0.0799. The highest BCUT2D eigenvalue weighted by Crippen LogP contribution is 2.35. The molecule has 108 valence electrons. The van der Waals surface area contributed by atoms with Crippen molar-refractivity contribution in [3.63, 3.8) is 0 Å². The zero-order valence-electron chi connectivity index (χ0n) is 12.3. The zero-order chi connectivity index (χ0) is 14.2. The molecule has 1 aliphatic rings. The summed E-state index contributed by atoms with van der Waals surface area (Å²) in [6, 6.07) is 4.86. The molecule has 0 spiro atoms. The van der Waals surface area contributed by atoms with Crippen molar-refractivity contribution >= 4 is 11.3 Å². The van der Waals surface area contributed by atoms with Crippen LogP contribution in [0.15, 0.2) is 21.9 Å². The van der Waals surface area contributed by atoms with Gasteiger partial charge >= 0.3 is 0 Å². The smallest absolute Gasteiger partial charge is 0.230 e. The second-order valence-corrected chi connectivity index (χ2v) is 7.37. The Bertz CT molecular complexity index is 556. The molecule has 2 aromatic rings. The van der Waals surface area contributed by atoms with Crippen molar-refractivity contribution in [3.05, 3.63) is 34.2 Å². The summed E-state index contributed by atoms with van der Waals surface area (Å²) in [5, 5.41) is 10.5. The molecule has 1 saturated heterocycles. The van der Waals surface area contributed by atoms with E-state index in [1.165, 1.54) is 17.7 Å². The van der Waals surface area contributed by atoms with Crippen molar-refractivity contribution in [1.82, 2.24) is 15.1 Å². The van der Waals surface area contributed by atoms with E-state index < -0.39 is 0 Å². The Morgan fingerprint density at radius 3 is 2.90 bits per heavy atom. The summed E-state index contributed by atoms with van der Waals surface area (Å²) in [4.78, 5) is 3.89. The van der Waals surface area contributed by atoms with Crippen molar-refractivity contribution < 1.29 is 4.42 Å². The maximum absolute atomic E-state index is 5.82. The lowest BCUT2D eigenvalue weighted by atomic mass is 9.97. The summed E-state index contributed by atoms with van der Waals surface area (Å²) in [6.45, 7) is 8.14. The van der Waals surface area contributed by atoms with Crippen LogP contribution in [0.2, 0.25) is 0 Å². The lowest BCUT2D eigenvalue weighted by Gasteiger charge is -2.21. The summed E-state index contributed by atoms with van der Waals surface area (Å²) < 4.78 is 5.82. The van der Waals surface area contributed by atoms with E-state index in [0.29, 0.717) is 6.04 Å². The minimum atomic E-state index is -0.0799. The zero-order valence-corrected chi connectivity index (χ0v) is 13.1. The molecule has 0 aliphatic carbocycles. The fraction of sp³-hybridized carbons (Fsp3) is 0.600. The van der Waals surface area contributed by atoms with Gasteiger partial charge in [0.15, 0.2) is 0 Å². The molecule has 0 unspecified atom stereocenters. The molecule has 0 amide bonds. The Kier molecular flexibility index (Phi) is 3.65. The van der Waals surface area contributed by atoms with Crippen molar-refractivity contribution in [2.45, 2.75) is 51.6 Å². The summed E-state index contributed by atoms with van der Waals surface area (Å²) in [5.41, 5.74) is -0.0799. The van der Waals surface area contributed by atoms with E-state index in [1.54, 1.807) is 0 Å². The Hall–Kier alpha value is -1.20. The van der Waals surface area contributed by atoms with Gasteiger partial charge in [-0.3, -0.25) is 4.90 Å². The number of hydrogen-bond acceptors (Lipinski definition) is 5. The number of rotatable bonds is 3. The number of nitrogens with zero attached hydrogens (tertiary/aromatic N) is 3. The molecule has 5 heteroatoms. The van der Waals surface area contributed by atoms with Crippen LogP contribution in [0.25, 0.3) is 0 Å². The SMILES string of the molecule is CC(C)(C)c1nnc(CN2CCC[C@@H]2c2cccs2)o1. The van der Waals surface area contributed by atoms with E-state index in [9.17, 15) is 0 Å². The van der Waals surface area contributed by atoms with Crippen LogP contribution < -0.4 is 0 Å². The van der Waals surface area contributed by atoms with Crippen LogP contribution in [0.1, 0.15) is 56.3 Å². The average molecular weight is 291 g/mol. The summed E-state index contributed by atoms with van der Waals surface area (Å²) in [5.74, 6) is 1.46. The number of aromatic nitrogens is 2. The molecule has 3 heterocycles. The highest BCUT2D eigenvalue weighted by molar-refractivity contribution is 7.10. The maximum atomic E-state index is 5.82. The summed E-state index contributed by atoms with van der Waals surface area (Å²) in [6.07, 6.45) is 2.46. The van der Waals surface area contributed by atoms with E-state index in [4.69, 9.17) is 4.42 Å². The average Bonchev–Trinajstić information content (AvgIpc) is 3.08. The van der Waals surface area contributed by atoms with E-state index in [1.807, 2.05) is 11.3 Å². The fourth-order valence-corrected chi connectivity index (χ4v) is 3.51. The van der Waals surface area contributed by atoms with Gasteiger partial charge in [0.2, 0.25) is 11.8 Å². The third kappa shape index (κ3) is 2.79. The molecule has 1 fully saturated rings. The van der Waals surface area contributed by atoms with Crippen LogP contribution in [-0.2, 0) is 12.0 Å². The van der Waals surface area contributed by atoms with Gasteiger partial charge in [0.1, 0.15) is 0 Å². The minimum Gasteiger partial charge on any atom is -0.423 e. The van der Waals surface area contributed by atoms with Crippen LogP contribution in [-0.4, -0.2) is 21.6 Å². The van der Waals surface area contributed by atoms with Gasteiger partial charge in [0.25, 0.3) is 0 Å². The van der Waals surface area contributed by atoms with E-state index in [-0.39, 0.29) is 5.41 Å². The standard InChI is InChI=1S/C15H21N3OS/c1-15(2,3)14-17-16-13(19-14)10-18-8-4-6-11(18)12-7-5-9-20-12/h5,7,9,11H,4,6,8,10H2,1-3H3/t11-/m1/s1. The van der Waals surface area contributed by atoms with Crippen LogP contribution in [0.3, 0.4) is 0 Å². The molecule has 1 aliphatic heterocycles. The van der Waals surface area contributed by atoms with Crippen LogP contribution in [0.5, 0.6) is 0 Å². The molecule has 0 saturated carbocycles. The quantitative estimate of drug-likeness (QED) is 0.863. The van der Waals surface area contributed by atoms with Gasteiger partial charge in [0, 0.05) is 16.3 Å². The predicted molar refractivity (Wildman–Crippen MR) is 79.7 cm³/mol. The topological polar surface area (TPSA) is 42.2 Å². The molecule has 3 rings (SSSR count). The van der Waals surface area contributed by atoms with Gasteiger partial charge in [-0.25, -0.2) is 0 Å². The Labute approximate surface area is 123 Å². The highest BCUT2D eigenvalue weighted by Gasteiger charge is 2.29. The molecule has 1 atom stereocenters. The lowest BCUT2D eigenvalue weighted by molar-refractivity contribution is 0.220. The molecule has 20 heavy (non-hydrogen) atoms. The normalized spacial score (nSPS) is 20.6. The Morgan fingerprint density at radius 1 is 1.40 bits per heavy atom. The van der Waals surface area contributed by atoms with Gasteiger partial charge < -0.3 is 4.42 Å². The predicted octanol–water partition coefficient (Wildman–Crippen LogP) is 3.77. The van der Waals surface area contributed by atoms with Crippen LogP contribution in [0, 0.1) is 0 Å². The Morgan fingerprint density at radius 2 is 2.25 bits per heavy atom. The first kappa shape index (κ1) is 13.8. The molecule has 0 bridgehead atoms. The van der Waals surface area contributed by atoms with Crippen molar-refractivity contribution in [3.8, 4) is 0 Å². The first-order chi connectivity index (χ1) is 9.54. The highest BCUT2D eigenvalue weighted by atomic mass is 32.1. The van der Waals surface area contributed by atoms with Crippen LogP contribution in [0.4, 0.5) is 0 Å². The van der Waals surface area contributed by atoms with Crippen molar-refractivity contribution in [2.24, 2.45) is 0 Å². The van der Waals surface area contributed by atoms with Crippen molar-refractivity contribution in [2.75, 3.05) is 6.54 Å². The van der Waals surface area contributed by atoms with Gasteiger partial charge in [-0.2, -0.15) is 0 Å². The summed E-state index contributed by atoms with van der Waals surface area (Å²) >= 11 is 1.84. The molecule has 0 N–H and O–H groups in total. The summed E-state index contributed by atoms with van der Waals surface area (Å²) in [7, 11) is 0. The van der Waals surface area contributed by atoms with E-state index in [0.717, 1.165) is 24.9 Å². The fourth-order valence-electron chi connectivity index (χ4n) is 2.61. The van der Waals surface area contributed by atoms with E-state index >= 15 is 0 Å². The van der Waals surface area contributed by atoms with Gasteiger partial charge in [-0.05, 0) is 30.8 Å². The number of thiophene rings is 1. The molecule has 2 aromatic heterocycles. The molecule has 4 nitrogen and oxygen atoms in total. The first-order valence-corrected chi connectivity index (χ1v) is 8.02. The van der Waals surface area contributed by atoms with Crippen LogP contribution >= 0.6 is 11.3 Å². The van der Waals surface area contributed by atoms with E-state index in [2.05, 4.69) is 53.4 Å². The number of hydrogen-bond donors (Lipinski definition) is 0. The molecule has 0 aromatic carbocycles. The van der Waals surface area contributed by atoms with Gasteiger partial charge in [0.05, 0.1) is 6.54 Å².